The largest absolute Gasteiger partial charge is 0.379 e. The van der Waals surface area contributed by atoms with Crippen molar-refractivity contribution in [3.63, 3.8) is 0 Å². The molecule has 0 aliphatic carbocycles. The lowest BCUT2D eigenvalue weighted by Crippen LogP contribution is -2.58. The smallest absolute Gasteiger partial charge is 0.243 e. The van der Waals surface area contributed by atoms with Gasteiger partial charge in [0.25, 0.3) is 0 Å². The number of ether oxygens (including phenoxy) is 2. The SMILES string of the molecule is CC[C@H](NC(=O)[C@H](CC(C)C)NC(=O)[C@H](CCc1ccccc1)NC(=O)CN1CCOCC1)C(=O)N[C@@H](CC(C)C)C(=O)[C@@]1(C)CO1. The number of ketones is 1. The van der Waals surface area contributed by atoms with Gasteiger partial charge in [-0.2, -0.15) is 0 Å². The average molecular weight is 658 g/mol. The topological polar surface area (TPSA) is 158 Å². The number of hydrogen-bond acceptors (Lipinski definition) is 8. The summed E-state index contributed by atoms with van der Waals surface area (Å²) in [6.07, 6.45) is 1.95. The number of amides is 4. The second kappa shape index (κ2) is 18.3. The zero-order chi connectivity index (χ0) is 34.6. The molecule has 1 aromatic rings. The summed E-state index contributed by atoms with van der Waals surface area (Å²) < 4.78 is 10.7. The molecule has 12 heteroatoms. The number of morpholine rings is 1. The van der Waals surface area contributed by atoms with Crippen LogP contribution in [0.1, 0.15) is 72.8 Å². The Balaban J connectivity index is 1.69. The maximum atomic E-state index is 13.7. The van der Waals surface area contributed by atoms with E-state index in [9.17, 15) is 24.0 Å². The number of nitrogens with zero attached hydrogens (tertiary/aromatic N) is 1. The fourth-order valence-corrected chi connectivity index (χ4v) is 5.62. The molecule has 0 aromatic heterocycles. The lowest BCUT2D eigenvalue weighted by Gasteiger charge is -2.28. The van der Waals surface area contributed by atoms with Crippen molar-refractivity contribution in [2.75, 3.05) is 39.5 Å². The van der Waals surface area contributed by atoms with E-state index in [1.54, 1.807) is 13.8 Å². The zero-order valence-electron chi connectivity index (χ0n) is 28.9. The third kappa shape index (κ3) is 12.6. The van der Waals surface area contributed by atoms with Crippen molar-refractivity contribution in [1.29, 1.82) is 0 Å². The first-order chi connectivity index (χ1) is 22.3. The van der Waals surface area contributed by atoms with Gasteiger partial charge in [0.05, 0.1) is 32.4 Å². The Labute approximate surface area is 279 Å². The zero-order valence-corrected chi connectivity index (χ0v) is 28.9. The van der Waals surface area contributed by atoms with E-state index < -0.39 is 47.5 Å². The first-order valence-corrected chi connectivity index (χ1v) is 17.0. The summed E-state index contributed by atoms with van der Waals surface area (Å²) in [6, 6.07) is 6.24. The van der Waals surface area contributed by atoms with Crippen molar-refractivity contribution in [3.05, 3.63) is 35.9 Å². The van der Waals surface area contributed by atoms with Crippen molar-refractivity contribution >= 4 is 29.4 Å². The minimum absolute atomic E-state index is 0.0472. The van der Waals surface area contributed by atoms with Gasteiger partial charge in [0.15, 0.2) is 5.78 Å². The highest BCUT2D eigenvalue weighted by molar-refractivity contribution is 5.98. The molecular formula is C35H55N5O7. The minimum Gasteiger partial charge on any atom is -0.379 e. The predicted molar refractivity (Wildman–Crippen MR) is 178 cm³/mol. The highest BCUT2D eigenvalue weighted by Crippen LogP contribution is 2.29. The predicted octanol–water partition coefficient (Wildman–Crippen LogP) is 1.75. The number of hydrogen-bond donors (Lipinski definition) is 4. The highest BCUT2D eigenvalue weighted by Gasteiger charge is 2.50. The Morgan fingerprint density at radius 1 is 0.787 bits per heavy atom. The fourth-order valence-electron chi connectivity index (χ4n) is 5.62. The summed E-state index contributed by atoms with van der Waals surface area (Å²) in [7, 11) is 0. The van der Waals surface area contributed by atoms with Gasteiger partial charge in [0.2, 0.25) is 23.6 Å². The molecule has 47 heavy (non-hydrogen) atoms. The summed E-state index contributed by atoms with van der Waals surface area (Å²) in [4.78, 5) is 68.8. The number of rotatable bonds is 19. The molecule has 0 radical (unpaired) electrons. The van der Waals surface area contributed by atoms with Crippen molar-refractivity contribution in [3.8, 4) is 0 Å². The molecule has 12 nitrogen and oxygen atoms in total. The molecule has 4 amide bonds. The number of benzene rings is 1. The van der Waals surface area contributed by atoms with Gasteiger partial charge in [0.1, 0.15) is 23.7 Å². The van der Waals surface area contributed by atoms with Crippen LogP contribution in [0, 0.1) is 11.8 Å². The van der Waals surface area contributed by atoms with Crippen LogP contribution in [-0.2, 0) is 39.9 Å². The van der Waals surface area contributed by atoms with Gasteiger partial charge in [-0.1, -0.05) is 65.0 Å². The molecule has 0 unspecified atom stereocenters. The second-order valence-electron chi connectivity index (χ2n) is 13.8. The summed E-state index contributed by atoms with van der Waals surface area (Å²) in [6.45, 7) is 14.2. The van der Waals surface area contributed by atoms with Crippen LogP contribution in [-0.4, -0.2) is 104 Å². The van der Waals surface area contributed by atoms with Crippen molar-refractivity contribution < 1.29 is 33.4 Å². The van der Waals surface area contributed by atoms with Gasteiger partial charge in [0, 0.05) is 13.1 Å². The van der Waals surface area contributed by atoms with E-state index in [1.807, 2.05) is 62.9 Å². The lowest BCUT2D eigenvalue weighted by molar-refractivity contribution is -0.135. The normalized spacial score (nSPS) is 20.5. The molecule has 2 heterocycles. The van der Waals surface area contributed by atoms with Gasteiger partial charge < -0.3 is 30.7 Å². The quantitative estimate of drug-likeness (QED) is 0.164. The Bertz CT molecular complexity index is 1200. The fraction of sp³-hybridized carbons (Fsp3) is 0.686. The van der Waals surface area contributed by atoms with E-state index in [2.05, 4.69) is 21.3 Å². The van der Waals surface area contributed by atoms with Crippen molar-refractivity contribution in [2.24, 2.45) is 11.8 Å². The first kappa shape index (κ1) is 38.1. The standard InChI is InChI=1S/C35H55N5O7/c1-7-26(32(43)38-28(19-23(2)3)31(42)35(6)22-47-35)37-34(45)29(20-24(4)5)39-33(44)27(14-13-25-11-9-8-10-12-25)36-30(41)21-40-15-17-46-18-16-40/h8-12,23-24,26-29H,7,13-22H2,1-6H3,(H,36,41)(H,37,45)(H,38,43)(H,39,44)/t26-,27-,28-,29-,35+/m0/s1. The number of carbonyl (C=O) groups is 5. The van der Waals surface area contributed by atoms with E-state index >= 15 is 0 Å². The highest BCUT2D eigenvalue weighted by atomic mass is 16.6. The molecule has 0 bridgehead atoms. The summed E-state index contributed by atoms with van der Waals surface area (Å²) in [5.74, 6) is -1.68. The molecule has 2 fully saturated rings. The number of nitrogens with one attached hydrogen (secondary N) is 4. The van der Waals surface area contributed by atoms with E-state index in [0.717, 1.165) is 5.56 Å². The molecule has 1 aromatic carbocycles. The molecule has 3 rings (SSSR count). The van der Waals surface area contributed by atoms with Crippen LogP contribution in [0.2, 0.25) is 0 Å². The first-order valence-electron chi connectivity index (χ1n) is 17.0. The van der Waals surface area contributed by atoms with Gasteiger partial charge in [-0.25, -0.2) is 0 Å². The third-order valence-corrected chi connectivity index (χ3v) is 8.51. The van der Waals surface area contributed by atoms with Gasteiger partial charge in [-0.15, -0.1) is 0 Å². The van der Waals surface area contributed by atoms with E-state index in [0.29, 0.717) is 58.6 Å². The molecule has 262 valence electrons. The van der Waals surface area contributed by atoms with Gasteiger partial charge >= 0.3 is 0 Å². The number of aryl methyl sites for hydroxylation is 1. The summed E-state index contributed by atoms with van der Waals surface area (Å²) in [5, 5.41) is 11.4. The van der Waals surface area contributed by atoms with Crippen molar-refractivity contribution in [1.82, 2.24) is 26.2 Å². The van der Waals surface area contributed by atoms with Crippen LogP contribution in [0.5, 0.6) is 0 Å². The molecule has 0 spiro atoms. The van der Waals surface area contributed by atoms with Gasteiger partial charge in [-0.05, 0) is 56.4 Å². The van der Waals surface area contributed by atoms with Gasteiger partial charge in [-0.3, -0.25) is 28.9 Å². The van der Waals surface area contributed by atoms with Crippen molar-refractivity contribution in [2.45, 2.75) is 103 Å². The third-order valence-electron chi connectivity index (χ3n) is 8.51. The number of epoxide rings is 1. The Hall–Kier alpha value is -3.35. The molecule has 2 saturated heterocycles. The Morgan fingerprint density at radius 3 is 1.89 bits per heavy atom. The Kier molecular flexibility index (Phi) is 14.8. The summed E-state index contributed by atoms with van der Waals surface area (Å²) >= 11 is 0. The van der Waals surface area contributed by atoms with Crippen LogP contribution in [0.4, 0.5) is 0 Å². The number of Topliss-reactive ketones (excluding diaryl/α,β-unsaturated/α-hetero) is 1. The van der Waals surface area contributed by atoms with E-state index in [-0.39, 0.29) is 36.5 Å². The lowest BCUT2D eigenvalue weighted by atomic mass is 9.93. The second-order valence-corrected chi connectivity index (χ2v) is 13.8. The molecule has 0 saturated carbocycles. The monoisotopic (exact) mass is 657 g/mol. The van der Waals surface area contributed by atoms with Crippen LogP contribution in [0.15, 0.2) is 30.3 Å². The molecule has 5 atom stereocenters. The maximum Gasteiger partial charge on any atom is 0.243 e. The van der Waals surface area contributed by atoms with Crippen LogP contribution < -0.4 is 21.3 Å². The summed E-state index contributed by atoms with van der Waals surface area (Å²) in [5.41, 5.74) is 0.136. The average Bonchev–Trinajstić information content (AvgIpc) is 3.79. The minimum atomic E-state index is -0.938. The molecular weight excluding hydrogens is 602 g/mol. The van der Waals surface area contributed by atoms with Crippen LogP contribution in [0.25, 0.3) is 0 Å². The van der Waals surface area contributed by atoms with E-state index in [1.165, 1.54) is 0 Å². The van der Waals surface area contributed by atoms with E-state index in [4.69, 9.17) is 9.47 Å². The molecule has 2 aliphatic heterocycles. The maximum absolute atomic E-state index is 13.7. The van der Waals surface area contributed by atoms with Crippen LogP contribution >= 0.6 is 0 Å². The number of carbonyl (C=O) groups excluding carboxylic acids is 5. The van der Waals surface area contributed by atoms with Crippen LogP contribution in [0.3, 0.4) is 0 Å². The molecule has 2 aliphatic rings. The Morgan fingerprint density at radius 2 is 1.32 bits per heavy atom. The molecule has 4 N–H and O–H groups in total.